The van der Waals surface area contributed by atoms with Crippen molar-refractivity contribution in [2.24, 2.45) is 0 Å². The van der Waals surface area contributed by atoms with Gasteiger partial charge in [0.1, 0.15) is 30.2 Å². The van der Waals surface area contributed by atoms with Gasteiger partial charge in [-0.25, -0.2) is 9.37 Å². The molecule has 0 N–H and O–H groups in total. The summed E-state index contributed by atoms with van der Waals surface area (Å²) in [5.74, 6) is 0.853. The lowest BCUT2D eigenvalue weighted by molar-refractivity contribution is -0.0000216. The van der Waals surface area contributed by atoms with Crippen molar-refractivity contribution >= 4 is 28.7 Å². The van der Waals surface area contributed by atoms with E-state index in [0.29, 0.717) is 11.3 Å². The molecule has 0 spiro atoms. The number of hydrogen-bond donors (Lipinski definition) is 0. The molecule has 0 amide bonds. The van der Waals surface area contributed by atoms with E-state index in [2.05, 4.69) is 80.1 Å². The standard InChI is InChI=1S/C36H37N2O3.ClH/c1-6-25-15-19-28(20-16-25)40-36(39)30-14-12-11-13-29(30)35-31-21-17-26(37(7-2)8-3)23-33(31)41-34-24-27(18-22-32(34)35)38(9-4)10-5;/h6,11-24H,1,7-10H2,2-5H3;1H/q+1;/p-1. The summed E-state index contributed by atoms with van der Waals surface area (Å²) in [5, 5.41) is 2.05. The molecule has 3 aromatic rings. The van der Waals surface area contributed by atoms with Crippen molar-refractivity contribution in [1.29, 1.82) is 0 Å². The number of fused-ring (bicyclic) bond motifs is 2. The van der Waals surface area contributed by atoms with Crippen molar-refractivity contribution in [2.75, 3.05) is 31.1 Å². The molecular weight excluding hydrogens is 544 g/mol. The monoisotopic (exact) mass is 580 g/mol. The summed E-state index contributed by atoms with van der Waals surface area (Å²) in [6, 6.07) is 27.7. The molecule has 6 heteroatoms. The minimum atomic E-state index is -0.409. The summed E-state index contributed by atoms with van der Waals surface area (Å²) >= 11 is 0. The van der Waals surface area contributed by atoms with E-state index in [1.165, 1.54) is 0 Å². The lowest BCUT2D eigenvalue weighted by Crippen LogP contribution is -3.00. The molecule has 2 aliphatic rings. The van der Waals surface area contributed by atoms with Gasteiger partial charge in [-0.15, -0.1) is 0 Å². The molecule has 0 saturated heterocycles. The Kier molecular flexibility index (Phi) is 9.87. The first-order valence-corrected chi connectivity index (χ1v) is 14.4. The van der Waals surface area contributed by atoms with Crippen molar-refractivity contribution in [3.63, 3.8) is 0 Å². The third-order valence-corrected chi connectivity index (χ3v) is 7.69. The SMILES string of the molecule is C=Cc1ccc(OC(=O)c2ccccc2-c2c3ccc(=[N+](CC)CC)cc-3oc3cc(N(CC)CC)ccc23)cc1.[Cl-]. The Bertz CT molecular complexity index is 1740. The number of benzene rings is 4. The highest BCUT2D eigenvalue weighted by molar-refractivity contribution is 6.08. The highest BCUT2D eigenvalue weighted by Gasteiger charge is 2.23. The van der Waals surface area contributed by atoms with Crippen molar-refractivity contribution in [2.45, 2.75) is 27.7 Å². The second-order valence-electron chi connectivity index (χ2n) is 9.89. The van der Waals surface area contributed by atoms with Gasteiger partial charge in [-0.1, -0.05) is 43.0 Å². The molecule has 216 valence electrons. The van der Waals surface area contributed by atoms with Crippen LogP contribution in [-0.4, -0.2) is 32.1 Å². The molecule has 0 fully saturated rings. The first-order chi connectivity index (χ1) is 20.0. The highest BCUT2D eigenvalue weighted by Crippen LogP contribution is 2.42. The molecule has 3 aromatic carbocycles. The number of rotatable bonds is 9. The zero-order valence-corrected chi connectivity index (χ0v) is 25.4. The number of halogens is 1. The van der Waals surface area contributed by atoms with Crippen molar-refractivity contribution in [1.82, 2.24) is 4.58 Å². The second kappa shape index (κ2) is 13.5. The van der Waals surface area contributed by atoms with Crippen LogP contribution in [0, 0.1) is 0 Å². The summed E-state index contributed by atoms with van der Waals surface area (Å²) in [5.41, 5.74) is 6.03. The fourth-order valence-corrected chi connectivity index (χ4v) is 5.44. The smallest absolute Gasteiger partial charge is 0.344 e. The van der Waals surface area contributed by atoms with Crippen LogP contribution in [0.15, 0.2) is 95.9 Å². The number of anilines is 1. The van der Waals surface area contributed by atoms with Gasteiger partial charge in [-0.3, -0.25) is 0 Å². The van der Waals surface area contributed by atoms with E-state index in [-0.39, 0.29) is 12.4 Å². The summed E-state index contributed by atoms with van der Waals surface area (Å²) in [4.78, 5) is 15.9. The number of ether oxygens (including phenoxy) is 1. The summed E-state index contributed by atoms with van der Waals surface area (Å²) in [6.45, 7) is 16.0. The van der Waals surface area contributed by atoms with Crippen molar-refractivity contribution in [3.05, 3.63) is 108 Å². The zero-order valence-electron chi connectivity index (χ0n) is 24.7. The summed E-state index contributed by atoms with van der Waals surface area (Å²) < 4.78 is 14.7. The number of nitrogens with zero attached hydrogens (tertiary/aromatic N) is 2. The van der Waals surface area contributed by atoms with Gasteiger partial charge < -0.3 is 26.5 Å². The lowest BCUT2D eigenvalue weighted by Gasteiger charge is -2.22. The number of esters is 1. The van der Waals surface area contributed by atoms with Gasteiger partial charge in [0.2, 0.25) is 5.36 Å². The second-order valence-corrected chi connectivity index (χ2v) is 9.89. The van der Waals surface area contributed by atoms with Crippen molar-refractivity contribution < 1.29 is 26.4 Å². The topological polar surface area (TPSA) is 45.7 Å². The fraction of sp³-hybridized carbons (Fsp3) is 0.222. The molecule has 0 saturated carbocycles. The average molecular weight is 581 g/mol. The Morgan fingerprint density at radius 1 is 0.881 bits per heavy atom. The first kappa shape index (κ1) is 30.6. The largest absolute Gasteiger partial charge is 1.00 e. The molecule has 0 atom stereocenters. The minimum absolute atomic E-state index is 0. The van der Waals surface area contributed by atoms with Gasteiger partial charge in [0, 0.05) is 47.4 Å². The van der Waals surface area contributed by atoms with E-state index in [0.717, 1.165) is 76.2 Å². The van der Waals surface area contributed by atoms with Crippen LogP contribution in [0.2, 0.25) is 0 Å². The Morgan fingerprint density at radius 2 is 1.60 bits per heavy atom. The minimum Gasteiger partial charge on any atom is -1.00 e. The molecular formula is C36H37ClN2O3. The van der Waals surface area contributed by atoms with Crippen LogP contribution in [0.5, 0.6) is 5.75 Å². The Labute approximate surface area is 254 Å². The Balaban J connectivity index is 0.00000405. The first-order valence-electron chi connectivity index (χ1n) is 14.4. The maximum atomic E-state index is 13.6. The van der Waals surface area contributed by atoms with Gasteiger partial charge in [0.15, 0.2) is 0 Å². The van der Waals surface area contributed by atoms with Gasteiger partial charge in [0.05, 0.1) is 11.6 Å². The van der Waals surface area contributed by atoms with Crippen LogP contribution in [0.1, 0.15) is 43.6 Å². The van der Waals surface area contributed by atoms with Crippen molar-refractivity contribution in [3.8, 4) is 28.2 Å². The molecule has 1 aliphatic carbocycles. The fourth-order valence-electron chi connectivity index (χ4n) is 5.44. The van der Waals surface area contributed by atoms with Gasteiger partial charge in [-0.2, -0.15) is 0 Å². The molecule has 42 heavy (non-hydrogen) atoms. The molecule has 0 bridgehead atoms. The van der Waals surface area contributed by atoms with Crippen LogP contribution >= 0.6 is 0 Å². The third-order valence-electron chi connectivity index (χ3n) is 7.69. The van der Waals surface area contributed by atoms with E-state index < -0.39 is 5.97 Å². The van der Waals surface area contributed by atoms with Gasteiger partial charge >= 0.3 is 5.97 Å². The summed E-state index contributed by atoms with van der Waals surface area (Å²) in [6.07, 6.45) is 1.76. The lowest BCUT2D eigenvalue weighted by atomic mass is 9.90. The van der Waals surface area contributed by atoms with Crippen LogP contribution < -0.4 is 32.0 Å². The van der Waals surface area contributed by atoms with Crippen LogP contribution in [0.25, 0.3) is 39.5 Å². The highest BCUT2D eigenvalue weighted by atomic mass is 35.5. The molecule has 1 heterocycles. The van der Waals surface area contributed by atoms with E-state index in [1.807, 2.05) is 36.4 Å². The van der Waals surface area contributed by atoms with E-state index in [1.54, 1.807) is 18.2 Å². The molecule has 0 unspecified atom stereocenters. The predicted octanol–water partition coefficient (Wildman–Crippen LogP) is 4.73. The van der Waals surface area contributed by atoms with E-state index in [9.17, 15) is 4.79 Å². The van der Waals surface area contributed by atoms with Crippen LogP contribution in [0.4, 0.5) is 5.69 Å². The number of hydrogen-bond acceptors (Lipinski definition) is 4. The molecule has 5 nitrogen and oxygen atoms in total. The Hall–Kier alpha value is -4.35. The molecule has 0 aromatic heterocycles. The van der Waals surface area contributed by atoms with Crippen LogP contribution in [-0.2, 0) is 0 Å². The predicted molar refractivity (Wildman–Crippen MR) is 170 cm³/mol. The maximum Gasteiger partial charge on any atom is 0.344 e. The average Bonchev–Trinajstić information content (AvgIpc) is 3.01. The van der Waals surface area contributed by atoms with Gasteiger partial charge in [0.25, 0.3) is 0 Å². The molecule has 0 radical (unpaired) electrons. The number of carbonyl (C=O) groups is 1. The normalized spacial score (nSPS) is 10.8. The molecule has 5 rings (SSSR count). The third kappa shape index (κ3) is 5.97. The van der Waals surface area contributed by atoms with E-state index in [4.69, 9.17) is 9.15 Å². The zero-order chi connectivity index (χ0) is 28.9. The maximum absolute atomic E-state index is 13.6. The number of carbonyl (C=O) groups excluding carboxylic acids is 1. The van der Waals surface area contributed by atoms with E-state index >= 15 is 0 Å². The van der Waals surface area contributed by atoms with Crippen LogP contribution in [0.3, 0.4) is 0 Å². The Morgan fingerprint density at radius 3 is 2.26 bits per heavy atom. The summed E-state index contributed by atoms with van der Waals surface area (Å²) in [7, 11) is 0. The molecule has 1 aliphatic heterocycles. The van der Waals surface area contributed by atoms with Gasteiger partial charge in [-0.05, 0) is 75.2 Å². The quantitative estimate of drug-likeness (QED) is 0.109.